The highest BCUT2D eigenvalue weighted by atomic mass is 32.1. The Hall–Kier alpha value is -3.43. The van der Waals surface area contributed by atoms with Crippen LogP contribution in [0.1, 0.15) is 43.2 Å². The van der Waals surface area contributed by atoms with Crippen molar-refractivity contribution in [2.45, 2.75) is 57.8 Å². The van der Waals surface area contributed by atoms with Gasteiger partial charge in [0.2, 0.25) is 5.91 Å². The normalized spacial score (nSPS) is 19.9. The maximum atomic E-state index is 13.8. The maximum Gasteiger partial charge on any atom is 0.260 e. The molecule has 2 amide bonds. The Labute approximate surface area is 241 Å². The summed E-state index contributed by atoms with van der Waals surface area (Å²) in [6.45, 7) is 4.03. The molecule has 1 fully saturated rings. The van der Waals surface area contributed by atoms with E-state index in [0.29, 0.717) is 31.4 Å². The smallest absolute Gasteiger partial charge is 0.260 e. The average Bonchev–Trinajstić information content (AvgIpc) is 3.46. The first-order valence-corrected chi connectivity index (χ1v) is 14.9. The number of benzene rings is 2. The zero-order valence-corrected chi connectivity index (χ0v) is 24.5. The van der Waals surface area contributed by atoms with Crippen LogP contribution in [0, 0.1) is 0 Å². The summed E-state index contributed by atoms with van der Waals surface area (Å²) < 4.78 is 6.02. The number of hydrogen-bond acceptors (Lipinski definition) is 7. The van der Waals surface area contributed by atoms with Gasteiger partial charge in [-0.05, 0) is 43.0 Å². The predicted molar refractivity (Wildman–Crippen MR) is 160 cm³/mol. The van der Waals surface area contributed by atoms with E-state index in [0.717, 1.165) is 54.2 Å². The second-order valence-electron chi connectivity index (χ2n) is 10.9. The maximum absolute atomic E-state index is 13.8. The molecule has 0 N–H and O–H groups in total. The zero-order valence-electron chi connectivity index (χ0n) is 23.7. The van der Waals surface area contributed by atoms with Crippen molar-refractivity contribution in [2.75, 3.05) is 43.6 Å². The van der Waals surface area contributed by atoms with Crippen LogP contribution in [0.4, 0.5) is 11.4 Å². The van der Waals surface area contributed by atoms with Crippen molar-refractivity contribution in [1.29, 1.82) is 0 Å². The molecule has 40 heavy (non-hydrogen) atoms. The van der Waals surface area contributed by atoms with E-state index in [1.54, 1.807) is 18.3 Å². The lowest BCUT2D eigenvalue weighted by Crippen LogP contribution is -2.52. The SMILES string of the molecule is CC(=O)N1CCC2CCCC(CN(C(=O)COc3cccc(N(C)C)c3)Cc3ccccc31)N2Cc1nccs1. The van der Waals surface area contributed by atoms with Crippen LogP contribution >= 0.6 is 11.3 Å². The minimum Gasteiger partial charge on any atom is -0.484 e. The van der Waals surface area contributed by atoms with Crippen LogP contribution < -0.4 is 14.5 Å². The molecule has 0 aliphatic carbocycles. The summed E-state index contributed by atoms with van der Waals surface area (Å²) in [5, 5.41) is 3.10. The molecule has 2 aliphatic heterocycles. The van der Waals surface area contributed by atoms with Gasteiger partial charge in [0.15, 0.2) is 6.61 Å². The van der Waals surface area contributed by atoms with Crippen LogP contribution in [0.25, 0.3) is 0 Å². The molecule has 0 saturated carbocycles. The minimum absolute atomic E-state index is 0.0208. The highest BCUT2D eigenvalue weighted by Gasteiger charge is 2.35. The van der Waals surface area contributed by atoms with E-state index in [2.05, 4.69) is 9.88 Å². The van der Waals surface area contributed by atoms with Crippen LogP contribution in [0.2, 0.25) is 0 Å². The zero-order chi connectivity index (χ0) is 28.1. The minimum atomic E-state index is -0.0602. The fraction of sp³-hybridized carbons (Fsp3) is 0.452. The van der Waals surface area contributed by atoms with Crippen LogP contribution in [-0.4, -0.2) is 72.5 Å². The van der Waals surface area contributed by atoms with Crippen molar-refractivity contribution < 1.29 is 14.3 Å². The number of thiazole rings is 1. The Morgan fingerprint density at radius 3 is 2.67 bits per heavy atom. The fourth-order valence-corrected chi connectivity index (χ4v) is 6.53. The first-order valence-electron chi connectivity index (χ1n) is 14.1. The highest BCUT2D eigenvalue weighted by molar-refractivity contribution is 7.09. The van der Waals surface area contributed by atoms with E-state index < -0.39 is 0 Å². The van der Waals surface area contributed by atoms with Crippen LogP contribution in [0.5, 0.6) is 5.75 Å². The largest absolute Gasteiger partial charge is 0.484 e. The van der Waals surface area contributed by atoms with Gasteiger partial charge in [-0.25, -0.2) is 4.98 Å². The number of carbonyl (C=O) groups excluding carboxylic acids is 2. The van der Waals surface area contributed by atoms with Gasteiger partial charge in [-0.1, -0.05) is 30.7 Å². The fourth-order valence-electron chi connectivity index (χ4n) is 5.91. The van der Waals surface area contributed by atoms with Crippen LogP contribution in [0.15, 0.2) is 60.1 Å². The van der Waals surface area contributed by atoms with Gasteiger partial charge in [-0.15, -0.1) is 11.3 Å². The molecule has 2 atom stereocenters. The van der Waals surface area contributed by atoms with Crippen molar-refractivity contribution in [3.05, 3.63) is 70.7 Å². The van der Waals surface area contributed by atoms with E-state index in [4.69, 9.17) is 4.74 Å². The number of anilines is 2. The van der Waals surface area contributed by atoms with Gasteiger partial charge in [0.05, 0.1) is 6.54 Å². The standard InChI is InChI=1S/C31H39N5O3S/c1-23(37)35-16-14-25-9-6-11-27(36(25)21-30-32-15-17-40-30)20-34(19-24-8-4-5-13-29(24)35)31(38)22-39-28-12-7-10-26(18-28)33(2)3/h4-5,7-8,10,12-13,15,17-18,25,27H,6,9,11,14,16,19-22H2,1-3H3. The lowest BCUT2D eigenvalue weighted by molar-refractivity contribution is -0.135. The summed E-state index contributed by atoms with van der Waals surface area (Å²) in [5.41, 5.74) is 2.88. The summed E-state index contributed by atoms with van der Waals surface area (Å²) in [6.07, 6.45) is 5.94. The molecular formula is C31H39N5O3S. The van der Waals surface area contributed by atoms with Gasteiger partial charge in [0.1, 0.15) is 10.8 Å². The number of aromatic nitrogens is 1. The number of carbonyl (C=O) groups is 2. The molecule has 1 saturated heterocycles. The third kappa shape index (κ3) is 6.64. The number of rotatable bonds is 6. The average molecular weight is 562 g/mol. The van der Waals surface area contributed by atoms with Crippen molar-refractivity contribution in [3.8, 4) is 5.75 Å². The molecular weight excluding hydrogens is 522 g/mol. The second kappa shape index (κ2) is 12.8. The molecule has 1 aromatic heterocycles. The lowest BCUT2D eigenvalue weighted by Gasteiger charge is -2.43. The van der Waals surface area contributed by atoms with Crippen molar-refractivity contribution >= 4 is 34.5 Å². The van der Waals surface area contributed by atoms with Crippen molar-refractivity contribution in [2.24, 2.45) is 0 Å². The molecule has 0 radical (unpaired) electrons. The van der Waals surface area contributed by atoms with Gasteiger partial charge in [0.25, 0.3) is 5.91 Å². The van der Waals surface area contributed by atoms with Crippen LogP contribution in [-0.2, 0) is 22.7 Å². The molecule has 8 nitrogen and oxygen atoms in total. The molecule has 2 aromatic carbocycles. The molecule has 2 unspecified atom stereocenters. The summed E-state index contributed by atoms with van der Waals surface area (Å²) in [7, 11) is 3.96. The van der Waals surface area contributed by atoms with E-state index in [1.807, 2.05) is 88.9 Å². The molecule has 212 valence electrons. The number of piperidine rings is 1. The first kappa shape index (κ1) is 28.1. The van der Waals surface area contributed by atoms with Gasteiger partial charge < -0.3 is 19.4 Å². The molecule has 3 aromatic rings. The quantitative estimate of drug-likeness (QED) is 0.431. The molecule has 3 heterocycles. The monoisotopic (exact) mass is 561 g/mol. The Kier molecular flexibility index (Phi) is 9.01. The molecule has 5 rings (SSSR count). The Morgan fingerprint density at radius 2 is 1.90 bits per heavy atom. The second-order valence-corrected chi connectivity index (χ2v) is 11.9. The van der Waals surface area contributed by atoms with Gasteiger partial charge >= 0.3 is 0 Å². The molecule has 9 heteroatoms. The third-order valence-electron chi connectivity index (χ3n) is 8.00. The van der Waals surface area contributed by atoms with Crippen molar-refractivity contribution in [1.82, 2.24) is 14.8 Å². The van der Waals surface area contributed by atoms with Crippen LogP contribution in [0.3, 0.4) is 0 Å². The van der Waals surface area contributed by atoms with Gasteiger partial charge in [0, 0.05) is 81.8 Å². The Morgan fingerprint density at radius 1 is 1.07 bits per heavy atom. The first-order chi connectivity index (χ1) is 19.4. The summed E-state index contributed by atoms with van der Waals surface area (Å²) in [5.74, 6) is 0.631. The molecule has 0 spiro atoms. The van der Waals surface area contributed by atoms with E-state index in [-0.39, 0.29) is 24.5 Å². The van der Waals surface area contributed by atoms with E-state index in [1.165, 1.54) is 0 Å². The lowest BCUT2D eigenvalue weighted by atomic mass is 9.93. The van der Waals surface area contributed by atoms with E-state index >= 15 is 0 Å². The summed E-state index contributed by atoms with van der Waals surface area (Å²) >= 11 is 1.67. The number of nitrogens with zero attached hydrogens (tertiary/aromatic N) is 5. The highest BCUT2D eigenvalue weighted by Crippen LogP contribution is 2.32. The van der Waals surface area contributed by atoms with Gasteiger partial charge in [-0.2, -0.15) is 0 Å². The van der Waals surface area contributed by atoms with E-state index in [9.17, 15) is 9.59 Å². The summed E-state index contributed by atoms with van der Waals surface area (Å²) in [6, 6.07) is 16.3. The number of fused-ring (bicyclic) bond motifs is 3. The third-order valence-corrected chi connectivity index (χ3v) is 8.77. The summed E-state index contributed by atoms with van der Waals surface area (Å²) in [4.78, 5) is 39.6. The number of ether oxygens (including phenoxy) is 1. The van der Waals surface area contributed by atoms with Crippen molar-refractivity contribution in [3.63, 3.8) is 0 Å². The van der Waals surface area contributed by atoms with Gasteiger partial charge in [-0.3, -0.25) is 14.5 Å². The topological polar surface area (TPSA) is 69.2 Å². The number of para-hydroxylation sites is 1. The molecule has 2 aliphatic rings. The predicted octanol–water partition coefficient (Wildman–Crippen LogP) is 4.80. The Balaban J connectivity index is 1.45. The molecule has 2 bridgehead atoms. The number of hydrogen-bond donors (Lipinski definition) is 0. The number of amides is 2. The Bertz CT molecular complexity index is 1300.